The Bertz CT molecular complexity index is 144. The molecule has 0 N–H and O–H groups in total. The van der Waals surface area contributed by atoms with E-state index in [-0.39, 0.29) is 64.9 Å². The molecule has 0 aromatic heterocycles. The average Bonchev–Trinajstić information content (AvgIpc) is 1.67. The molecule has 0 heterocycles. The van der Waals surface area contributed by atoms with Gasteiger partial charge in [0.25, 0.3) is 10.1 Å². The van der Waals surface area contributed by atoms with Gasteiger partial charge in [0.15, 0.2) is 0 Å². The van der Waals surface area contributed by atoms with Crippen LogP contribution >= 0.6 is 12.9 Å². The van der Waals surface area contributed by atoms with Crippen LogP contribution in [0.1, 0.15) is 13.3 Å². The molecule has 3 nitrogen and oxygen atoms in total. The Labute approximate surface area is 112 Å². The second-order valence-corrected chi connectivity index (χ2v) is 3.46. The van der Waals surface area contributed by atoms with Crippen molar-refractivity contribution in [2.75, 3.05) is 5.75 Å². The van der Waals surface area contributed by atoms with E-state index in [1.54, 1.807) is 6.92 Å². The Balaban J connectivity index is -0.000000245. The molecule has 0 aliphatic heterocycles. The van der Waals surface area contributed by atoms with Crippen molar-refractivity contribution in [2.45, 2.75) is 13.3 Å². The van der Waals surface area contributed by atoms with Crippen molar-refractivity contribution in [2.24, 2.45) is 0 Å². The van der Waals surface area contributed by atoms with Gasteiger partial charge in [0.2, 0.25) is 0 Å². The molecule has 0 rings (SSSR count). The first-order valence-corrected chi connectivity index (χ1v) is 4.12. The Hall–Kier alpha value is 2.26. The normalized spacial score (nSPS) is 9.40. The third-order valence-corrected chi connectivity index (χ3v) is 2.38. The van der Waals surface area contributed by atoms with Gasteiger partial charge in [-0.05, 0) is 19.3 Å². The van der Waals surface area contributed by atoms with Gasteiger partial charge >= 0.3 is 59.1 Å². The summed E-state index contributed by atoms with van der Waals surface area (Å²) in [5, 5.41) is 0. The second kappa shape index (κ2) is 9.35. The fourth-order valence-corrected chi connectivity index (χ4v) is 1.09. The van der Waals surface area contributed by atoms with E-state index in [1.165, 1.54) is 0 Å². The molecule has 0 bridgehead atoms. The fourth-order valence-electron chi connectivity index (χ4n) is 0.287. The SMILES string of the molecule is CCCS(=O)(=O)OS.[NaH].[NaH]. The minimum atomic E-state index is -3.31. The zero-order valence-corrected chi connectivity index (χ0v) is 6.21. The summed E-state index contributed by atoms with van der Waals surface area (Å²) < 4.78 is 24.4. The van der Waals surface area contributed by atoms with Gasteiger partial charge < -0.3 is 0 Å². The zero-order chi connectivity index (χ0) is 6.62. The van der Waals surface area contributed by atoms with Crippen LogP contribution in [0.5, 0.6) is 0 Å². The molecule has 54 valence electrons. The van der Waals surface area contributed by atoms with Gasteiger partial charge in [-0.2, -0.15) is 8.42 Å². The average molecular weight is 204 g/mol. The first-order chi connectivity index (χ1) is 3.62. The van der Waals surface area contributed by atoms with Crippen molar-refractivity contribution in [3.8, 4) is 0 Å². The molecule has 0 aliphatic carbocycles. The van der Waals surface area contributed by atoms with Gasteiger partial charge in [0.05, 0.1) is 5.75 Å². The topological polar surface area (TPSA) is 43.4 Å². The zero-order valence-electron chi connectivity index (χ0n) is 4.49. The van der Waals surface area contributed by atoms with Gasteiger partial charge in [-0.1, -0.05) is 6.92 Å². The summed E-state index contributed by atoms with van der Waals surface area (Å²) in [5.74, 6) is 0.0382. The summed E-state index contributed by atoms with van der Waals surface area (Å²) in [6.07, 6.45) is 0.558. The third kappa shape index (κ3) is 10.3. The number of hydrogen-bond acceptors (Lipinski definition) is 4. The number of thiol groups is 1. The molecule has 0 aliphatic rings. The molecule has 0 atom stereocenters. The molecular formula is C3H10Na2O3S2. The Morgan fingerprint density at radius 3 is 1.90 bits per heavy atom. The van der Waals surface area contributed by atoms with Crippen LogP contribution in [0.15, 0.2) is 0 Å². The monoisotopic (exact) mass is 204 g/mol. The predicted molar refractivity (Wildman–Crippen MR) is 48.4 cm³/mol. The van der Waals surface area contributed by atoms with Crippen LogP contribution in [0.2, 0.25) is 0 Å². The second-order valence-electron chi connectivity index (χ2n) is 1.34. The standard InChI is InChI=1S/C3H8O3S2.2Na.2H/c1-2-3-8(4,5)6-7;;;;/h7H,2-3H2,1H3;;;;. The van der Waals surface area contributed by atoms with Gasteiger partial charge in [0, 0.05) is 0 Å². The summed E-state index contributed by atoms with van der Waals surface area (Å²) in [7, 11) is -3.31. The molecule has 0 aromatic carbocycles. The Morgan fingerprint density at radius 2 is 1.80 bits per heavy atom. The molecule has 0 saturated carbocycles. The van der Waals surface area contributed by atoms with Gasteiger partial charge in [-0.15, -0.1) is 0 Å². The van der Waals surface area contributed by atoms with Crippen LogP contribution in [0.4, 0.5) is 0 Å². The van der Waals surface area contributed by atoms with E-state index < -0.39 is 10.1 Å². The summed E-state index contributed by atoms with van der Waals surface area (Å²) in [6, 6.07) is 0. The molecule has 0 fully saturated rings. The van der Waals surface area contributed by atoms with Crippen LogP contribution < -0.4 is 0 Å². The number of rotatable bonds is 3. The van der Waals surface area contributed by atoms with E-state index in [0.29, 0.717) is 6.42 Å². The van der Waals surface area contributed by atoms with Crippen LogP contribution in [0.25, 0.3) is 0 Å². The Kier molecular flexibility index (Phi) is 16.9. The molecule has 10 heavy (non-hydrogen) atoms. The molecule has 0 amide bonds. The summed E-state index contributed by atoms with van der Waals surface area (Å²) in [6.45, 7) is 1.75. The summed E-state index contributed by atoms with van der Waals surface area (Å²) in [5.41, 5.74) is 0. The fraction of sp³-hybridized carbons (Fsp3) is 1.00. The van der Waals surface area contributed by atoms with Crippen molar-refractivity contribution in [3.05, 3.63) is 0 Å². The van der Waals surface area contributed by atoms with Crippen LogP contribution in [0.3, 0.4) is 0 Å². The van der Waals surface area contributed by atoms with E-state index >= 15 is 0 Å². The third-order valence-electron chi connectivity index (χ3n) is 0.568. The van der Waals surface area contributed by atoms with E-state index in [1.807, 2.05) is 0 Å². The predicted octanol–water partition coefficient (Wildman–Crippen LogP) is -0.709. The van der Waals surface area contributed by atoms with Gasteiger partial charge in [-0.3, -0.25) is 0 Å². The molecule has 0 saturated heterocycles. The van der Waals surface area contributed by atoms with Gasteiger partial charge in [-0.25, -0.2) is 3.63 Å². The Morgan fingerprint density at radius 1 is 1.40 bits per heavy atom. The molecule has 0 unspecified atom stereocenters. The molecule has 0 spiro atoms. The van der Waals surface area contributed by atoms with Crippen molar-refractivity contribution in [3.63, 3.8) is 0 Å². The molecule has 7 heteroatoms. The van der Waals surface area contributed by atoms with E-state index in [9.17, 15) is 8.42 Å². The molecule has 0 radical (unpaired) electrons. The van der Waals surface area contributed by atoms with Crippen LogP contribution in [-0.2, 0) is 13.7 Å². The van der Waals surface area contributed by atoms with Gasteiger partial charge in [0.1, 0.15) is 0 Å². The van der Waals surface area contributed by atoms with E-state index in [2.05, 4.69) is 16.5 Å². The van der Waals surface area contributed by atoms with E-state index in [0.717, 1.165) is 0 Å². The van der Waals surface area contributed by atoms with Crippen LogP contribution in [0, 0.1) is 0 Å². The maximum absolute atomic E-state index is 10.3. The van der Waals surface area contributed by atoms with E-state index in [4.69, 9.17) is 0 Å². The summed E-state index contributed by atoms with van der Waals surface area (Å²) in [4.78, 5) is 0. The molecular weight excluding hydrogens is 194 g/mol. The first kappa shape index (κ1) is 18.1. The van der Waals surface area contributed by atoms with Crippen molar-refractivity contribution < 1.29 is 12.0 Å². The number of hydrogen-bond donors (Lipinski definition) is 1. The first-order valence-electron chi connectivity index (χ1n) is 2.18. The maximum atomic E-state index is 10.3. The quantitative estimate of drug-likeness (QED) is 0.375. The van der Waals surface area contributed by atoms with Crippen molar-refractivity contribution >= 4 is 82.1 Å². The molecule has 0 aromatic rings. The summed E-state index contributed by atoms with van der Waals surface area (Å²) >= 11 is 3.15. The van der Waals surface area contributed by atoms with Crippen LogP contribution in [-0.4, -0.2) is 73.3 Å². The van der Waals surface area contributed by atoms with Crippen molar-refractivity contribution in [1.82, 2.24) is 0 Å². The van der Waals surface area contributed by atoms with Crippen molar-refractivity contribution in [1.29, 1.82) is 0 Å². The minimum absolute atomic E-state index is 0.